The van der Waals surface area contributed by atoms with Gasteiger partial charge in [-0.2, -0.15) is 17.0 Å². The van der Waals surface area contributed by atoms with E-state index in [0.717, 1.165) is 32.0 Å². The SMILES string of the molecule is COCCN(CCC#N)CCSC. The molecule has 3 nitrogen and oxygen atoms in total. The maximum atomic E-state index is 8.45. The van der Waals surface area contributed by atoms with Crippen LogP contribution in [0.5, 0.6) is 0 Å². The van der Waals surface area contributed by atoms with E-state index in [1.807, 2.05) is 11.8 Å². The molecular weight excluding hydrogens is 184 g/mol. The smallest absolute Gasteiger partial charge is 0.0635 e. The minimum absolute atomic E-state index is 0.609. The highest BCUT2D eigenvalue weighted by Gasteiger charge is 2.02. The first-order valence-corrected chi connectivity index (χ1v) is 5.81. The van der Waals surface area contributed by atoms with Gasteiger partial charge in [-0.1, -0.05) is 0 Å². The molecule has 0 aliphatic rings. The first-order chi connectivity index (χ1) is 6.35. The maximum Gasteiger partial charge on any atom is 0.0635 e. The predicted molar refractivity (Wildman–Crippen MR) is 56.9 cm³/mol. The molecular formula is C9H18N2OS. The third-order valence-electron chi connectivity index (χ3n) is 1.76. The number of thioether (sulfide) groups is 1. The Morgan fingerprint density at radius 1 is 1.38 bits per heavy atom. The lowest BCUT2D eigenvalue weighted by Gasteiger charge is -2.19. The molecule has 0 amide bonds. The summed E-state index contributed by atoms with van der Waals surface area (Å²) < 4.78 is 5.00. The Labute approximate surface area is 85.0 Å². The molecule has 0 aromatic carbocycles. The fourth-order valence-corrected chi connectivity index (χ4v) is 1.43. The molecule has 0 fully saturated rings. The van der Waals surface area contributed by atoms with Crippen molar-refractivity contribution in [1.82, 2.24) is 4.90 Å². The van der Waals surface area contributed by atoms with Crippen LogP contribution in [-0.2, 0) is 4.74 Å². The van der Waals surface area contributed by atoms with Crippen molar-refractivity contribution in [2.75, 3.05) is 45.4 Å². The third kappa shape index (κ3) is 8.10. The number of methoxy groups -OCH3 is 1. The number of rotatable bonds is 8. The van der Waals surface area contributed by atoms with Crippen LogP contribution in [0.15, 0.2) is 0 Å². The van der Waals surface area contributed by atoms with Crippen LogP contribution in [0.25, 0.3) is 0 Å². The molecule has 0 aromatic heterocycles. The van der Waals surface area contributed by atoms with Crippen LogP contribution in [0, 0.1) is 11.3 Å². The summed E-state index contributed by atoms with van der Waals surface area (Å²) in [5.41, 5.74) is 0. The average molecular weight is 202 g/mol. The highest BCUT2D eigenvalue weighted by Crippen LogP contribution is 1.96. The van der Waals surface area contributed by atoms with Gasteiger partial charge in [-0.25, -0.2) is 0 Å². The van der Waals surface area contributed by atoms with Gasteiger partial charge < -0.3 is 4.74 Å². The molecule has 0 atom stereocenters. The lowest BCUT2D eigenvalue weighted by Crippen LogP contribution is -2.30. The van der Waals surface area contributed by atoms with Gasteiger partial charge in [0.25, 0.3) is 0 Å². The Bertz CT molecular complexity index is 139. The van der Waals surface area contributed by atoms with E-state index in [0.29, 0.717) is 6.42 Å². The summed E-state index contributed by atoms with van der Waals surface area (Å²) in [5.74, 6) is 1.12. The van der Waals surface area contributed by atoms with Gasteiger partial charge >= 0.3 is 0 Å². The van der Waals surface area contributed by atoms with Crippen molar-refractivity contribution in [3.63, 3.8) is 0 Å². The fraction of sp³-hybridized carbons (Fsp3) is 0.889. The summed E-state index contributed by atoms with van der Waals surface area (Å²) in [6, 6.07) is 2.16. The number of ether oxygens (including phenoxy) is 1. The molecule has 76 valence electrons. The van der Waals surface area contributed by atoms with Crippen LogP contribution in [0.3, 0.4) is 0 Å². The second-order valence-electron chi connectivity index (χ2n) is 2.74. The van der Waals surface area contributed by atoms with Crippen molar-refractivity contribution < 1.29 is 4.74 Å². The van der Waals surface area contributed by atoms with Crippen molar-refractivity contribution in [1.29, 1.82) is 5.26 Å². The maximum absolute atomic E-state index is 8.45. The molecule has 0 heterocycles. The van der Waals surface area contributed by atoms with E-state index in [9.17, 15) is 0 Å². The van der Waals surface area contributed by atoms with E-state index < -0.39 is 0 Å². The van der Waals surface area contributed by atoms with Crippen LogP contribution < -0.4 is 0 Å². The summed E-state index contributed by atoms with van der Waals surface area (Å²) in [7, 11) is 1.71. The van der Waals surface area contributed by atoms with Gasteiger partial charge in [0.05, 0.1) is 12.7 Å². The molecule has 0 N–H and O–H groups in total. The second-order valence-corrected chi connectivity index (χ2v) is 3.72. The number of hydrogen-bond donors (Lipinski definition) is 0. The van der Waals surface area contributed by atoms with Gasteiger partial charge in [0.2, 0.25) is 0 Å². The molecule has 0 aromatic rings. The van der Waals surface area contributed by atoms with E-state index in [1.54, 1.807) is 7.11 Å². The summed E-state index contributed by atoms with van der Waals surface area (Å²) in [6.45, 7) is 3.59. The molecule has 4 heteroatoms. The van der Waals surface area contributed by atoms with Crippen LogP contribution >= 0.6 is 11.8 Å². The molecule has 0 aliphatic carbocycles. The van der Waals surface area contributed by atoms with Gasteiger partial charge in [-0.3, -0.25) is 4.90 Å². The Morgan fingerprint density at radius 3 is 2.69 bits per heavy atom. The van der Waals surface area contributed by atoms with Crippen molar-refractivity contribution in [2.24, 2.45) is 0 Å². The van der Waals surface area contributed by atoms with Crippen molar-refractivity contribution in [3.8, 4) is 6.07 Å². The molecule has 0 bridgehead atoms. The van der Waals surface area contributed by atoms with Crippen molar-refractivity contribution >= 4 is 11.8 Å². The third-order valence-corrected chi connectivity index (χ3v) is 2.35. The topological polar surface area (TPSA) is 36.3 Å². The standard InChI is InChI=1S/C9H18N2OS/c1-12-8-6-11(5-3-4-10)7-9-13-2/h3,5-9H2,1-2H3. The summed E-state index contributed by atoms with van der Waals surface area (Å²) >= 11 is 1.83. The quantitative estimate of drug-likeness (QED) is 0.593. The van der Waals surface area contributed by atoms with Gasteiger partial charge in [-0.05, 0) is 6.26 Å². The van der Waals surface area contributed by atoms with Crippen molar-refractivity contribution in [3.05, 3.63) is 0 Å². The zero-order valence-electron chi connectivity index (χ0n) is 8.45. The summed E-state index contributed by atoms with van der Waals surface area (Å²) in [4.78, 5) is 2.27. The van der Waals surface area contributed by atoms with Gasteiger partial charge in [-0.15, -0.1) is 0 Å². The molecule has 0 saturated heterocycles. The second kappa shape index (κ2) is 9.85. The lowest BCUT2D eigenvalue weighted by atomic mass is 10.4. The number of hydrogen-bond acceptors (Lipinski definition) is 4. The number of nitrogens with zero attached hydrogens (tertiary/aromatic N) is 2. The summed E-state index contributed by atoms with van der Waals surface area (Å²) in [5, 5.41) is 8.45. The Balaban J connectivity index is 3.54. The predicted octanol–water partition coefficient (Wildman–Crippen LogP) is 1.21. The van der Waals surface area contributed by atoms with E-state index in [4.69, 9.17) is 10.00 Å². The molecule has 0 spiro atoms. The van der Waals surface area contributed by atoms with Crippen LogP contribution in [0.1, 0.15) is 6.42 Å². The zero-order valence-corrected chi connectivity index (χ0v) is 9.27. The molecule has 0 aliphatic heterocycles. The molecule has 13 heavy (non-hydrogen) atoms. The molecule has 0 rings (SSSR count). The van der Waals surface area contributed by atoms with E-state index in [-0.39, 0.29) is 0 Å². The first-order valence-electron chi connectivity index (χ1n) is 4.42. The summed E-state index contributed by atoms with van der Waals surface area (Å²) in [6.07, 6.45) is 2.71. The van der Waals surface area contributed by atoms with E-state index >= 15 is 0 Å². The monoisotopic (exact) mass is 202 g/mol. The Morgan fingerprint density at radius 2 is 2.15 bits per heavy atom. The van der Waals surface area contributed by atoms with Gasteiger partial charge in [0.1, 0.15) is 0 Å². The van der Waals surface area contributed by atoms with Crippen LogP contribution in [0.4, 0.5) is 0 Å². The number of nitriles is 1. The molecule has 0 unspecified atom stereocenters. The lowest BCUT2D eigenvalue weighted by molar-refractivity contribution is 0.153. The fourth-order valence-electron chi connectivity index (χ4n) is 0.984. The minimum atomic E-state index is 0.609. The van der Waals surface area contributed by atoms with Crippen LogP contribution in [-0.4, -0.2) is 50.3 Å². The molecule has 0 radical (unpaired) electrons. The highest BCUT2D eigenvalue weighted by atomic mass is 32.2. The van der Waals surface area contributed by atoms with Gasteiger partial charge in [0, 0.05) is 38.9 Å². The average Bonchev–Trinajstić information content (AvgIpc) is 2.17. The Kier molecular flexibility index (Phi) is 9.66. The van der Waals surface area contributed by atoms with E-state index in [2.05, 4.69) is 17.2 Å². The molecule has 0 saturated carbocycles. The largest absolute Gasteiger partial charge is 0.383 e. The first kappa shape index (κ1) is 12.8. The van der Waals surface area contributed by atoms with E-state index in [1.165, 1.54) is 0 Å². The normalized spacial score (nSPS) is 10.3. The van der Waals surface area contributed by atoms with Crippen LogP contribution in [0.2, 0.25) is 0 Å². The van der Waals surface area contributed by atoms with Gasteiger partial charge in [0.15, 0.2) is 0 Å². The highest BCUT2D eigenvalue weighted by molar-refractivity contribution is 7.98. The Hall–Kier alpha value is -0.240. The minimum Gasteiger partial charge on any atom is -0.383 e. The van der Waals surface area contributed by atoms with Crippen molar-refractivity contribution in [2.45, 2.75) is 6.42 Å². The zero-order chi connectivity index (χ0) is 9.94.